The minimum Gasteiger partial charge on any atom is -0.481 e. The Labute approximate surface area is 480 Å². The maximum atomic E-state index is 15.4. The Bertz CT molecular complexity index is 2900. The van der Waals surface area contributed by atoms with Crippen molar-refractivity contribution >= 4 is 77.0 Å². The van der Waals surface area contributed by atoms with Crippen LogP contribution in [0.1, 0.15) is 96.9 Å². The van der Waals surface area contributed by atoms with Crippen molar-refractivity contribution in [2.75, 3.05) is 32.8 Å². The Morgan fingerprint density at radius 2 is 1.21 bits per heavy atom. The first kappa shape index (κ1) is 68.9. The molecule has 0 fully saturated rings. The molecule has 28 nitrogen and oxygen atoms in total. The van der Waals surface area contributed by atoms with Crippen LogP contribution in [0.3, 0.4) is 0 Å². The summed E-state index contributed by atoms with van der Waals surface area (Å²) in [5.41, 5.74) is 5.62. The molecule has 0 radical (unpaired) electrons. The number of aromatic nitrogens is 1. The van der Waals surface area contributed by atoms with E-state index in [2.05, 4.69) is 42.5 Å². The molecule has 0 spiro atoms. The molecule has 0 bridgehead atoms. The van der Waals surface area contributed by atoms with E-state index >= 15 is 4.39 Å². The number of nitrogens with zero attached hydrogens (tertiary/aromatic N) is 2. The number of carboxylic acids is 3. The number of benzene rings is 2. The third kappa shape index (κ3) is 23.3. The number of aliphatic carboxylic acids is 3. The molecule has 6 atom stereocenters. The largest absolute Gasteiger partial charge is 0.481 e. The highest BCUT2D eigenvalue weighted by Crippen LogP contribution is 2.41. The van der Waals surface area contributed by atoms with E-state index in [4.69, 9.17) is 10.8 Å². The Balaban J connectivity index is 2.08. The number of amides is 10. The quantitative estimate of drug-likeness (QED) is 0.0308. The van der Waals surface area contributed by atoms with Gasteiger partial charge in [-0.3, -0.25) is 62.3 Å². The van der Waals surface area contributed by atoms with Crippen molar-refractivity contribution in [2.24, 2.45) is 11.1 Å². The fourth-order valence-electron chi connectivity index (χ4n) is 8.53. The zero-order chi connectivity index (χ0) is 63.0. The Morgan fingerprint density at radius 3 is 1.76 bits per heavy atom. The van der Waals surface area contributed by atoms with Gasteiger partial charge in [0.15, 0.2) is 0 Å². The molecule has 0 aliphatic heterocycles. The molecule has 2 aromatic carbocycles. The SMILES string of the molecule is CC(=O)N[C@@H](C)C(=O)N[C@H](CC(=O)O)C(=O)N[C@@H](CC(N)=O)C(=O)N[C@@H](CCN(C(=O)CO)[C@@H](c1cc(-c2cc(F)ccc2F)cn1Cc1ccccc1)C(C)(C)C)C(=O)NCCNC(=O)[C@@H](CCC(=O)O)NC(=O)CNC(=O)CCC(=O)O. The van der Waals surface area contributed by atoms with Gasteiger partial charge in [0.05, 0.1) is 31.8 Å². The fraction of sp³-hybridized carbons (Fsp3) is 0.463. The van der Waals surface area contributed by atoms with Crippen molar-refractivity contribution < 1.29 is 91.5 Å². The topological polar surface area (TPSA) is 433 Å². The van der Waals surface area contributed by atoms with E-state index in [9.17, 15) is 82.0 Å². The summed E-state index contributed by atoms with van der Waals surface area (Å²) in [4.78, 5) is 167. The number of nitrogens with two attached hydrogens (primary N) is 1. The number of nitrogens with one attached hydrogen (secondary N) is 8. The second kappa shape index (κ2) is 32.9. The van der Waals surface area contributed by atoms with Crippen molar-refractivity contribution in [3.05, 3.63) is 83.7 Å². The predicted octanol–water partition coefficient (Wildman–Crippen LogP) is -1.33. The van der Waals surface area contributed by atoms with Gasteiger partial charge in [-0.1, -0.05) is 51.1 Å². The van der Waals surface area contributed by atoms with Gasteiger partial charge in [-0.05, 0) is 55.0 Å². The third-order valence-electron chi connectivity index (χ3n) is 12.4. The van der Waals surface area contributed by atoms with Gasteiger partial charge in [-0.25, -0.2) is 8.78 Å². The van der Waals surface area contributed by atoms with Gasteiger partial charge in [0.2, 0.25) is 59.1 Å². The van der Waals surface area contributed by atoms with Gasteiger partial charge in [-0.15, -0.1) is 0 Å². The predicted molar refractivity (Wildman–Crippen MR) is 291 cm³/mol. The number of hydrogen-bond acceptors (Lipinski definition) is 14. The molecule has 14 N–H and O–H groups in total. The number of halogens is 2. The molecule has 30 heteroatoms. The molecule has 0 saturated heterocycles. The summed E-state index contributed by atoms with van der Waals surface area (Å²) in [7, 11) is 0. The smallest absolute Gasteiger partial charge is 0.305 e. The molecule has 1 aromatic heterocycles. The minimum atomic E-state index is -2.00. The Morgan fingerprint density at radius 1 is 0.643 bits per heavy atom. The number of aliphatic hydroxyl groups excluding tert-OH is 1. The molecule has 10 amide bonds. The highest BCUT2D eigenvalue weighted by molar-refractivity contribution is 5.98. The Kier molecular flexibility index (Phi) is 27.0. The maximum Gasteiger partial charge on any atom is 0.305 e. The fourth-order valence-corrected chi connectivity index (χ4v) is 8.53. The molecular formula is C54H71F2N11O17. The van der Waals surface area contributed by atoms with Crippen LogP contribution in [-0.4, -0.2) is 170 Å². The number of carbonyl (C=O) groups excluding carboxylic acids is 10. The summed E-state index contributed by atoms with van der Waals surface area (Å²) in [5, 5.41) is 56.5. The molecule has 0 aliphatic carbocycles. The first-order chi connectivity index (χ1) is 39.4. The second-order valence-electron chi connectivity index (χ2n) is 20.4. The number of rotatable bonds is 34. The number of hydrogen-bond donors (Lipinski definition) is 13. The van der Waals surface area contributed by atoms with E-state index in [1.54, 1.807) is 61.9 Å². The number of primary amides is 1. The zero-order valence-electron chi connectivity index (χ0n) is 46.8. The monoisotopic (exact) mass is 1180 g/mol. The van der Waals surface area contributed by atoms with Gasteiger partial charge in [0.25, 0.3) is 0 Å². The molecule has 458 valence electrons. The minimum absolute atomic E-state index is 0.123. The summed E-state index contributed by atoms with van der Waals surface area (Å²) in [6, 6.07) is 3.72. The van der Waals surface area contributed by atoms with Crippen LogP contribution in [0.25, 0.3) is 11.1 Å². The van der Waals surface area contributed by atoms with Crippen LogP contribution in [0.4, 0.5) is 8.78 Å². The average Bonchev–Trinajstić information content (AvgIpc) is 3.45. The lowest BCUT2D eigenvalue weighted by Crippen LogP contribution is -2.59. The molecule has 1 heterocycles. The summed E-state index contributed by atoms with van der Waals surface area (Å²) < 4.78 is 31.8. The summed E-state index contributed by atoms with van der Waals surface area (Å²) >= 11 is 0. The van der Waals surface area contributed by atoms with E-state index in [1.165, 1.54) is 17.9 Å². The average molecular weight is 1180 g/mol. The van der Waals surface area contributed by atoms with Crippen molar-refractivity contribution in [1.29, 1.82) is 0 Å². The van der Waals surface area contributed by atoms with E-state index in [0.29, 0.717) is 5.69 Å². The van der Waals surface area contributed by atoms with Crippen LogP contribution in [0.2, 0.25) is 0 Å². The lowest BCUT2D eigenvalue weighted by atomic mass is 9.82. The van der Waals surface area contributed by atoms with Crippen LogP contribution >= 0.6 is 0 Å². The second-order valence-corrected chi connectivity index (χ2v) is 20.4. The van der Waals surface area contributed by atoms with Crippen LogP contribution in [0.15, 0.2) is 60.8 Å². The van der Waals surface area contributed by atoms with Crippen LogP contribution in [0, 0.1) is 17.0 Å². The first-order valence-corrected chi connectivity index (χ1v) is 26.2. The first-order valence-electron chi connectivity index (χ1n) is 26.2. The molecular weight excluding hydrogens is 1110 g/mol. The van der Waals surface area contributed by atoms with Gasteiger partial charge in [0.1, 0.15) is 48.5 Å². The normalized spacial score (nSPS) is 13.2. The maximum absolute atomic E-state index is 15.4. The Hall–Kier alpha value is -9.35. The van der Waals surface area contributed by atoms with Gasteiger partial charge >= 0.3 is 17.9 Å². The van der Waals surface area contributed by atoms with Crippen LogP contribution in [-0.2, 0) is 68.9 Å². The molecule has 0 aliphatic rings. The van der Waals surface area contributed by atoms with E-state index in [0.717, 1.165) is 30.7 Å². The zero-order valence-corrected chi connectivity index (χ0v) is 46.8. The molecule has 3 rings (SSSR count). The highest BCUT2D eigenvalue weighted by atomic mass is 19.1. The number of carboxylic acid groups (broad SMARTS) is 3. The van der Waals surface area contributed by atoms with Gasteiger partial charge in [-0.2, -0.15) is 0 Å². The lowest BCUT2D eigenvalue weighted by molar-refractivity contribution is -0.142. The summed E-state index contributed by atoms with van der Waals surface area (Å²) in [5.74, 6) is -15.9. The highest BCUT2D eigenvalue weighted by Gasteiger charge is 2.39. The molecule has 0 saturated carbocycles. The molecule has 3 aromatic rings. The van der Waals surface area contributed by atoms with Crippen LogP contribution in [0.5, 0.6) is 0 Å². The van der Waals surface area contributed by atoms with Crippen molar-refractivity contribution in [1.82, 2.24) is 52.0 Å². The third-order valence-corrected chi connectivity index (χ3v) is 12.4. The van der Waals surface area contributed by atoms with Crippen LogP contribution < -0.4 is 48.3 Å². The number of aliphatic hydroxyl groups is 1. The number of carbonyl (C=O) groups is 13. The standard InChI is InChI=1S/C54H71F2N11O17/c1-29(61-30(2)69)49(80)64-39(24-47(78)79)53(84)65-38(23-41(57)70)52(83)63-37(51(82)59-19-18-58-50(81)36(13-15-45(74)75)62-43(72)25-60-42(71)14-16-46(76)77)17-20-67(44(73)28-68)48(54(3,4)5)40-21-32(34-22-33(55)11-12-35(34)56)27-66(40)26-31-9-7-6-8-10-31/h6-12,21-22,27,29,36-39,48,68H,13-20,23-26,28H2,1-5H3,(H2,57,70)(H,58,81)(H,59,82)(H,60,71)(H,61,69)(H,62,72)(H,63,83)(H,64,80)(H,65,84)(H,74,75)(H,76,77)(H,78,79)/t29-,36+,37-,38-,39+,48-/m0/s1. The summed E-state index contributed by atoms with van der Waals surface area (Å²) in [6.07, 6.45) is -3.15. The van der Waals surface area contributed by atoms with E-state index in [-0.39, 0.29) is 17.7 Å². The van der Waals surface area contributed by atoms with Crippen molar-refractivity contribution in [3.63, 3.8) is 0 Å². The summed E-state index contributed by atoms with van der Waals surface area (Å²) in [6.45, 7) is 4.39. The lowest BCUT2D eigenvalue weighted by Gasteiger charge is -2.41. The molecule has 84 heavy (non-hydrogen) atoms. The van der Waals surface area contributed by atoms with Gasteiger partial charge in [0, 0.05) is 69.0 Å². The van der Waals surface area contributed by atoms with Crippen molar-refractivity contribution in [2.45, 2.75) is 122 Å². The van der Waals surface area contributed by atoms with Gasteiger partial charge < -0.3 is 78.2 Å². The van der Waals surface area contributed by atoms with Crippen molar-refractivity contribution in [3.8, 4) is 11.1 Å². The van der Waals surface area contributed by atoms with E-state index < -0.39 is 208 Å². The molecule has 0 unspecified atom stereocenters. The van der Waals surface area contributed by atoms with E-state index in [1.807, 2.05) is 0 Å².